The third-order valence-corrected chi connectivity index (χ3v) is 8.45. The molecule has 1 aromatic heterocycles. The summed E-state index contributed by atoms with van der Waals surface area (Å²) in [7, 11) is 1.93. The number of nitrogens with one attached hydrogen (secondary N) is 1. The Morgan fingerprint density at radius 2 is 1.80 bits per heavy atom. The van der Waals surface area contributed by atoms with Crippen molar-refractivity contribution in [1.82, 2.24) is 9.78 Å². The molecule has 0 aliphatic heterocycles. The van der Waals surface area contributed by atoms with E-state index in [1.165, 1.54) is 36.6 Å². The smallest absolute Gasteiger partial charge is 0.452 e. The predicted molar refractivity (Wildman–Crippen MR) is 159 cm³/mol. The summed E-state index contributed by atoms with van der Waals surface area (Å²) in [5, 5.41) is 13.4. The van der Waals surface area contributed by atoms with Crippen LogP contribution in [0.4, 0.5) is 4.79 Å². The van der Waals surface area contributed by atoms with Gasteiger partial charge in [0.15, 0.2) is 5.76 Å². The van der Waals surface area contributed by atoms with Crippen molar-refractivity contribution in [3.8, 4) is 0 Å². The molecule has 1 N–H and O–H groups in total. The van der Waals surface area contributed by atoms with E-state index >= 15 is 0 Å². The number of aromatic nitrogens is 2. The molecule has 7 heteroatoms. The topological polar surface area (TPSA) is 86.4 Å². The predicted octanol–water partition coefficient (Wildman–Crippen LogP) is 7.94. The second kappa shape index (κ2) is 11.8. The Balaban J connectivity index is 1.77. The Bertz CT molecular complexity index is 1240. The Kier molecular flexibility index (Phi) is 8.81. The molecular formula is C33H47N3O4. The van der Waals surface area contributed by atoms with Gasteiger partial charge in [-0.25, -0.2) is 4.79 Å². The largest absolute Gasteiger partial charge is 0.511 e. The van der Waals surface area contributed by atoms with Crippen LogP contribution in [0.15, 0.2) is 24.3 Å². The van der Waals surface area contributed by atoms with Crippen molar-refractivity contribution in [2.75, 3.05) is 6.61 Å². The average Bonchev–Trinajstić information content (AvgIpc) is 3.63. The van der Waals surface area contributed by atoms with Gasteiger partial charge < -0.3 is 19.6 Å². The number of rotatable bonds is 11. The quantitative estimate of drug-likeness (QED) is 0.133. The molecule has 218 valence electrons. The number of carbonyl (C=O) groups is 1. The van der Waals surface area contributed by atoms with Crippen molar-refractivity contribution in [3.63, 3.8) is 0 Å². The molecule has 1 unspecified atom stereocenters. The van der Waals surface area contributed by atoms with Crippen LogP contribution in [0, 0.1) is 24.2 Å². The third-order valence-electron chi connectivity index (χ3n) is 8.45. The molecule has 2 aliphatic carbocycles. The van der Waals surface area contributed by atoms with Crippen molar-refractivity contribution in [2.45, 2.75) is 104 Å². The number of nitrogens with zero attached hydrogens (tertiary/aromatic N) is 2. The van der Waals surface area contributed by atoms with Gasteiger partial charge in [-0.3, -0.25) is 4.68 Å². The molecule has 0 radical (unpaired) electrons. The van der Waals surface area contributed by atoms with Gasteiger partial charge in [0, 0.05) is 36.7 Å². The van der Waals surface area contributed by atoms with Gasteiger partial charge in [0.2, 0.25) is 6.29 Å². The van der Waals surface area contributed by atoms with Gasteiger partial charge in [-0.05, 0) is 67.4 Å². The molecule has 1 atom stereocenters. The molecule has 2 aliphatic rings. The first-order valence-electron chi connectivity index (χ1n) is 14.8. The maximum Gasteiger partial charge on any atom is 0.511 e. The van der Waals surface area contributed by atoms with Crippen molar-refractivity contribution < 1.29 is 19.0 Å². The van der Waals surface area contributed by atoms with Crippen molar-refractivity contribution >= 4 is 23.7 Å². The first kappa shape index (κ1) is 29.9. The second-order valence-corrected chi connectivity index (χ2v) is 13.0. The minimum absolute atomic E-state index is 0.0118. The average molecular weight is 550 g/mol. The SMILES string of the molecule is Cc1nn(C)c(/C(OC(C)OC(=O)OCCC(C)C)=C(\C=N)c2ccc(C(C)(C)C)cc2)c1C1(C2CC2)CCC1. The van der Waals surface area contributed by atoms with Crippen molar-refractivity contribution in [1.29, 1.82) is 5.41 Å². The van der Waals surface area contributed by atoms with Gasteiger partial charge in [0.1, 0.15) is 5.69 Å². The van der Waals surface area contributed by atoms with Gasteiger partial charge >= 0.3 is 6.16 Å². The van der Waals surface area contributed by atoms with E-state index in [2.05, 4.69) is 53.7 Å². The highest BCUT2D eigenvalue weighted by Gasteiger charge is 2.53. The highest BCUT2D eigenvalue weighted by atomic mass is 16.8. The summed E-state index contributed by atoms with van der Waals surface area (Å²) in [5.74, 6) is 1.59. The number of allylic oxidation sites excluding steroid dienone is 1. The Morgan fingerprint density at radius 3 is 2.30 bits per heavy atom. The maximum atomic E-state index is 12.4. The monoisotopic (exact) mass is 549 g/mol. The summed E-state index contributed by atoms with van der Waals surface area (Å²) < 4.78 is 19.2. The molecule has 2 saturated carbocycles. The lowest BCUT2D eigenvalue weighted by Gasteiger charge is -2.43. The fourth-order valence-corrected chi connectivity index (χ4v) is 5.98. The summed E-state index contributed by atoms with van der Waals surface area (Å²) in [6.45, 7) is 14.8. The van der Waals surface area contributed by atoms with Crippen LogP contribution in [0.3, 0.4) is 0 Å². The van der Waals surface area contributed by atoms with E-state index in [9.17, 15) is 4.79 Å². The number of hydrogen-bond donors (Lipinski definition) is 1. The normalized spacial score (nSPS) is 18.0. The van der Waals surface area contributed by atoms with Crippen molar-refractivity contribution in [3.05, 3.63) is 52.3 Å². The van der Waals surface area contributed by atoms with Gasteiger partial charge in [0.25, 0.3) is 0 Å². The van der Waals surface area contributed by atoms with E-state index in [1.54, 1.807) is 6.92 Å². The molecule has 1 aromatic carbocycles. The Morgan fingerprint density at radius 1 is 1.15 bits per heavy atom. The van der Waals surface area contributed by atoms with Gasteiger partial charge in [0.05, 0.1) is 12.3 Å². The summed E-state index contributed by atoms with van der Waals surface area (Å²) in [4.78, 5) is 12.4. The van der Waals surface area contributed by atoms with E-state index in [4.69, 9.17) is 24.7 Å². The minimum Gasteiger partial charge on any atom is -0.452 e. The van der Waals surface area contributed by atoms with E-state index in [0.29, 0.717) is 29.8 Å². The molecule has 40 heavy (non-hydrogen) atoms. The fourth-order valence-electron chi connectivity index (χ4n) is 5.98. The van der Waals surface area contributed by atoms with Crippen molar-refractivity contribution in [2.24, 2.45) is 18.9 Å². The third kappa shape index (κ3) is 6.29. The number of benzene rings is 1. The standard InChI is InChI=1S/C33H47N3O4/c1-21(2)16-19-38-31(37)40-23(4)39-30(27(20-34)24-10-12-25(13-11-24)32(5,6)7)29-28(22(3)35-36(29)8)33(17-9-18-33)26-14-15-26/h10-13,20-21,23,26,34H,9,14-19H2,1-8H3/b30-27-,34-20?. The van der Waals surface area contributed by atoms with E-state index in [1.807, 2.05) is 23.9 Å². The fraction of sp³-hybridized carbons (Fsp3) is 0.606. The van der Waals surface area contributed by atoms with E-state index in [-0.39, 0.29) is 10.8 Å². The zero-order valence-corrected chi connectivity index (χ0v) is 25.6. The van der Waals surface area contributed by atoms with Crippen LogP contribution in [0.5, 0.6) is 0 Å². The van der Waals surface area contributed by atoms with Crippen LogP contribution < -0.4 is 0 Å². The van der Waals surface area contributed by atoms with Crippen LogP contribution in [-0.4, -0.2) is 35.0 Å². The second-order valence-electron chi connectivity index (χ2n) is 13.0. The molecule has 4 rings (SSSR count). The Labute approximate surface area is 239 Å². The summed E-state index contributed by atoms with van der Waals surface area (Å²) >= 11 is 0. The molecule has 1 heterocycles. The molecule has 0 saturated heterocycles. The number of carbonyl (C=O) groups excluding carboxylic acids is 1. The highest BCUT2D eigenvalue weighted by Crippen LogP contribution is 2.60. The molecule has 2 fully saturated rings. The molecular weight excluding hydrogens is 502 g/mol. The van der Waals surface area contributed by atoms with E-state index in [0.717, 1.165) is 36.2 Å². The zero-order valence-electron chi connectivity index (χ0n) is 25.6. The van der Waals surface area contributed by atoms with Crippen LogP contribution >= 0.6 is 0 Å². The minimum atomic E-state index is -0.924. The molecule has 7 nitrogen and oxygen atoms in total. The number of aryl methyl sites for hydroxylation is 2. The summed E-state index contributed by atoms with van der Waals surface area (Å²) in [6.07, 6.45) is 6.38. The summed E-state index contributed by atoms with van der Waals surface area (Å²) in [6, 6.07) is 8.29. The first-order chi connectivity index (χ1) is 18.9. The lowest BCUT2D eigenvalue weighted by molar-refractivity contribution is -0.0677. The summed E-state index contributed by atoms with van der Waals surface area (Å²) in [5.41, 5.74) is 5.88. The molecule has 0 bridgehead atoms. The van der Waals surface area contributed by atoms with Gasteiger partial charge in [-0.1, -0.05) is 65.3 Å². The van der Waals surface area contributed by atoms with Gasteiger partial charge in [-0.15, -0.1) is 0 Å². The highest BCUT2D eigenvalue weighted by molar-refractivity contribution is 6.17. The molecule has 0 spiro atoms. The zero-order chi connectivity index (χ0) is 29.2. The van der Waals surface area contributed by atoms with Crippen LogP contribution in [0.2, 0.25) is 0 Å². The van der Waals surface area contributed by atoms with Crippen LogP contribution in [0.1, 0.15) is 108 Å². The maximum absolute atomic E-state index is 12.4. The van der Waals surface area contributed by atoms with Crippen LogP contribution in [0.25, 0.3) is 11.3 Å². The van der Waals surface area contributed by atoms with Gasteiger partial charge in [-0.2, -0.15) is 5.10 Å². The lowest BCUT2D eigenvalue weighted by atomic mass is 9.60. The molecule has 2 aromatic rings. The van der Waals surface area contributed by atoms with Crippen LogP contribution in [-0.2, 0) is 32.1 Å². The molecule has 0 amide bonds. The Hall–Kier alpha value is -3.09. The van der Waals surface area contributed by atoms with E-state index < -0.39 is 12.4 Å². The number of ether oxygens (including phenoxy) is 3. The first-order valence-corrected chi connectivity index (χ1v) is 14.8. The lowest BCUT2D eigenvalue weighted by Crippen LogP contribution is -2.38. The number of hydrogen-bond acceptors (Lipinski definition) is 6.